The van der Waals surface area contributed by atoms with Gasteiger partial charge in [0.25, 0.3) is 0 Å². The smallest absolute Gasteiger partial charge is 0.243 e. The molecule has 1 saturated heterocycles. The second kappa shape index (κ2) is 9.58. The standard InChI is InChI=1S/C22H35N3O3S/c1-17(2)25(19-9-5-6-10-19)16-22(26)23-21-15-20(12-11-18(21)3)29(27,28)24-13-7-4-8-14-24/h11-12,15,17,19H,4-10,13-14,16H2,1-3H3,(H,23,26). The van der Waals surface area contributed by atoms with Crippen LogP contribution in [-0.4, -0.2) is 55.2 Å². The van der Waals surface area contributed by atoms with Crippen molar-refractivity contribution in [1.29, 1.82) is 0 Å². The summed E-state index contributed by atoms with van der Waals surface area (Å²) in [5, 5.41) is 2.97. The molecule has 6 nitrogen and oxygen atoms in total. The van der Waals surface area contributed by atoms with E-state index in [1.165, 1.54) is 12.8 Å². The van der Waals surface area contributed by atoms with Crippen molar-refractivity contribution in [2.24, 2.45) is 0 Å². The van der Waals surface area contributed by atoms with Gasteiger partial charge in [0.05, 0.1) is 11.4 Å². The molecule has 0 bridgehead atoms. The Kier molecular flexibility index (Phi) is 7.35. The summed E-state index contributed by atoms with van der Waals surface area (Å²) < 4.78 is 27.5. The number of aryl methyl sites for hydroxylation is 1. The highest BCUT2D eigenvalue weighted by Gasteiger charge is 2.28. The molecule has 3 rings (SSSR count). The fourth-order valence-corrected chi connectivity index (χ4v) is 6.02. The molecule has 1 aromatic rings. The topological polar surface area (TPSA) is 69.7 Å². The van der Waals surface area contributed by atoms with Crippen LogP contribution in [0.1, 0.15) is 64.4 Å². The van der Waals surface area contributed by atoms with Crippen molar-refractivity contribution in [1.82, 2.24) is 9.21 Å². The van der Waals surface area contributed by atoms with Crippen LogP contribution in [0, 0.1) is 6.92 Å². The fraction of sp³-hybridized carbons (Fsp3) is 0.682. The molecule has 1 heterocycles. The van der Waals surface area contributed by atoms with Crippen LogP contribution in [0.5, 0.6) is 0 Å². The van der Waals surface area contributed by atoms with Crippen LogP contribution < -0.4 is 5.32 Å². The minimum absolute atomic E-state index is 0.0822. The second-order valence-electron chi connectivity index (χ2n) is 8.69. The molecule has 1 aliphatic heterocycles. The molecule has 1 N–H and O–H groups in total. The van der Waals surface area contributed by atoms with Crippen molar-refractivity contribution in [3.8, 4) is 0 Å². The Labute approximate surface area is 175 Å². The fourth-order valence-electron chi connectivity index (χ4n) is 4.48. The summed E-state index contributed by atoms with van der Waals surface area (Å²) in [4.78, 5) is 15.3. The van der Waals surface area contributed by atoms with Crippen molar-refractivity contribution in [2.45, 2.75) is 82.7 Å². The average molecular weight is 422 g/mol. The van der Waals surface area contributed by atoms with E-state index in [1.54, 1.807) is 22.5 Å². The van der Waals surface area contributed by atoms with Gasteiger partial charge in [-0.15, -0.1) is 0 Å². The molecule has 0 unspecified atom stereocenters. The Morgan fingerprint density at radius 3 is 2.41 bits per heavy atom. The number of hydrogen-bond donors (Lipinski definition) is 1. The molecule has 2 fully saturated rings. The normalized spacial score (nSPS) is 19.2. The Balaban J connectivity index is 1.73. The van der Waals surface area contributed by atoms with Crippen molar-refractivity contribution < 1.29 is 13.2 Å². The van der Waals surface area contributed by atoms with Gasteiger partial charge in [-0.1, -0.05) is 25.3 Å². The molecule has 1 aromatic carbocycles. The Hall–Kier alpha value is -1.44. The van der Waals surface area contributed by atoms with E-state index in [0.29, 0.717) is 37.4 Å². The zero-order valence-corrected chi connectivity index (χ0v) is 18.8. The lowest BCUT2D eigenvalue weighted by molar-refractivity contribution is -0.118. The number of sulfonamides is 1. The number of anilines is 1. The van der Waals surface area contributed by atoms with Gasteiger partial charge in [0.2, 0.25) is 15.9 Å². The van der Waals surface area contributed by atoms with Gasteiger partial charge in [-0.25, -0.2) is 8.42 Å². The first-order valence-electron chi connectivity index (χ1n) is 11.0. The third-order valence-electron chi connectivity index (χ3n) is 6.22. The predicted octanol–water partition coefficient (Wildman–Crippen LogP) is 3.76. The number of rotatable bonds is 7. The molecule has 2 aliphatic rings. The molecule has 0 atom stereocenters. The van der Waals surface area contributed by atoms with Gasteiger partial charge in [-0.3, -0.25) is 9.69 Å². The highest BCUT2D eigenvalue weighted by atomic mass is 32.2. The Bertz CT molecular complexity index is 811. The number of hydrogen-bond acceptors (Lipinski definition) is 4. The van der Waals surface area contributed by atoms with Crippen LogP contribution in [-0.2, 0) is 14.8 Å². The van der Waals surface area contributed by atoms with Gasteiger partial charge >= 0.3 is 0 Å². The maximum Gasteiger partial charge on any atom is 0.243 e. The predicted molar refractivity (Wildman–Crippen MR) is 117 cm³/mol. The Morgan fingerprint density at radius 1 is 1.14 bits per heavy atom. The van der Waals surface area contributed by atoms with Crippen LogP contribution >= 0.6 is 0 Å². The number of benzene rings is 1. The molecule has 0 spiro atoms. The average Bonchev–Trinajstić information content (AvgIpc) is 3.22. The van der Waals surface area contributed by atoms with Gasteiger partial charge in [-0.2, -0.15) is 4.31 Å². The van der Waals surface area contributed by atoms with E-state index >= 15 is 0 Å². The van der Waals surface area contributed by atoms with Crippen LogP contribution in [0.25, 0.3) is 0 Å². The molecule has 7 heteroatoms. The number of carbonyl (C=O) groups excluding carboxylic acids is 1. The SMILES string of the molecule is Cc1ccc(S(=O)(=O)N2CCCCC2)cc1NC(=O)CN(C(C)C)C1CCCC1. The van der Waals surface area contributed by atoms with E-state index < -0.39 is 10.0 Å². The van der Waals surface area contributed by atoms with E-state index in [9.17, 15) is 13.2 Å². The molecule has 162 valence electrons. The van der Waals surface area contributed by atoms with E-state index in [2.05, 4.69) is 24.1 Å². The summed E-state index contributed by atoms with van der Waals surface area (Å²) in [6.07, 6.45) is 7.63. The first-order valence-corrected chi connectivity index (χ1v) is 12.4. The van der Waals surface area contributed by atoms with E-state index in [1.807, 2.05) is 6.92 Å². The van der Waals surface area contributed by atoms with Gasteiger partial charge in [-0.05, 0) is 64.2 Å². The molecule has 29 heavy (non-hydrogen) atoms. The molecule has 0 aromatic heterocycles. The second-order valence-corrected chi connectivity index (χ2v) is 10.6. The summed E-state index contributed by atoms with van der Waals surface area (Å²) in [6, 6.07) is 5.81. The van der Waals surface area contributed by atoms with E-state index in [4.69, 9.17) is 0 Å². The summed E-state index contributed by atoms with van der Waals surface area (Å²) in [6.45, 7) is 7.63. The van der Waals surface area contributed by atoms with Crippen molar-refractivity contribution >= 4 is 21.6 Å². The quantitative estimate of drug-likeness (QED) is 0.728. The lowest BCUT2D eigenvalue weighted by atomic mass is 10.1. The highest BCUT2D eigenvalue weighted by molar-refractivity contribution is 7.89. The summed E-state index contributed by atoms with van der Waals surface area (Å²) in [5.41, 5.74) is 1.45. The molecule has 0 radical (unpaired) electrons. The third kappa shape index (κ3) is 5.38. The monoisotopic (exact) mass is 421 g/mol. The van der Waals surface area contributed by atoms with Gasteiger partial charge in [0.15, 0.2) is 0 Å². The number of carbonyl (C=O) groups is 1. The summed E-state index contributed by atoms with van der Waals surface area (Å²) in [7, 11) is -3.52. The first kappa shape index (κ1) is 22.2. The maximum absolute atomic E-state index is 13.0. The zero-order valence-electron chi connectivity index (χ0n) is 18.0. The summed E-state index contributed by atoms with van der Waals surface area (Å²) in [5.74, 6) is -0.0822. The third-order valence-corrected chi connectivity index (χ3v) is 8.11. The number of nitrogens with one attached hydrogen (secondary N) is 1. The van der Waals surface area contributed by atoms with Crippen molar-refractivity contribution in [2.75, 3.05) is 25.0 Å². The summed E-state index contributed by atoms with van der Waals surface area (Å²) >= 11 is 0. The number of amides is 1. The number of piperidine rings is 1. The molecule has 1 aliphatic carbocycles. The highest BCUT2D eigenvalue weighted by Crippen LogP contribution is 2.27. The molecule has 1 amide bonds. The Morgan fingerprint density at radius 2 is 1.79 bits per heavy atom. The van der Waals surface area contributed by atoms with E-state index in [0.717, 1.165) is 37.7 Å². The number of nitrogens with zero attached hydrogens (tertiary/aromatic N) is 2. The minimum Gasteiger partial charge on any atom is -0.325 e. The van der Waals surface area contributed by atoms with Crippen LogP contribution in [0.4, 0.5) is 5.69 Å². The largest absolute Gasteiger partial charge is 0.325 e. The minimum atomic E-state index is -3.52. The van der Waals surface area contributed by atoms with Crippen molar-refractivity contribution in [3.63, 3.8) is 0 Å². The molecule has 1 saturated carbocycles. The lowest BCUT2D eigenvalue weighted by Gasteiger charge is -2.32. The van der Waals surface area contributed by atoms with Crippen molar-refractivity contribution in [3.05, 3.63) is 23.8 Å². The first-order chi connectivity index (χ1) is 13.8. The molecular weight excluding hydrogens is 386 g/mol. The zero-order chi connectivity index (χ0) is 21.0. The van der Waals surface area contributed by atoms with Crippen LogP contribution in [0.2, 0.25) is 0 Å². The van der Waals surface area contributed by atoms with Gasteiger partial charge in [0, 0.05) is 30.9 Å². The molecular formula is C22H35N3O3S. The van der Waals surface area contributed by atoms with Crippen LogP contribution in [0.3, 0.4) is 0 Å². The van der Waals surface area contributed by atoms with E-state index in [-0.39, 0.29) is 10.8 Å². The van der Waals surface area contributed by atoms with Crippen LogP contribution in [0.15, 0.2) is 23.1 Å². The lowest BCUT2D eigenvalue weighted by Crippen LogP contribution is -2.43. The van der Waals surface area contributed by atoms with Gasteiger partial charge in [0.1, 0.15) is 0 Å². The van der Waals surface area contributed by atoms with Gasteiger partial charge < -0.3 is 5.32 Å². The maximum atomic E-state index is 13.0.